The Kier molecular flexibility index (Phi) is 9.07. The number of rotatable bonds is 9. The molecule has 2 aromatic carbocycles. The second-order valence-electron chi connectivity index (χ2n) is 9.03. The molecular formula is C25H31Cl2N3O4S. The van der Waals surface area contributed by atoms with Crippen LogP contribution in [0.25, 0.3) is 0 Å². The Labute approximate surface area is 217 Å². The molecule has 7 nitrogen and oxygen atoms in total. The van der Waals surface area contributed by atoms with Gasteiger partial charge in [-0.2, -0.15) is 0 Å². The van der Waals surface area contributed by atoms with Gasteiger partial charge in [0.15, 0.2) is 0 Å². The highest BCUT2D eigenvalue weighted by Gasteiger charge is 2.31. The molecule has 190 valence electrons. The zero-order chi connectivity index (χ0) is 25.8. The monoisotopic (exact) mass is 539 g/mol. The first kappa shape index (κ1) is 27.3. The summed E-state index contributed by atoms with van der Waals surface area (Å²) in [5.74, 6) is -0.797. The topological polar surface area (TPSA) is 86.8 Å². The molecule has 1 saturated carbocycles. The van der Waals surface area contributed by atoms with Crippen LogP contribution in [0.5, 0.6) is 0 Å². The van der Waals surface area contributed by atoms with Crippen molar-refractivity contribution < 1.29 is 18.0 Å². The number of benzene rings is 2. The lowest BCUT2D eigenvalue weighted by Gasteiger charge is -2.32. The Morgan fingerprint density at radius 2 is 1.80 bits per heavy atom. The second-order valence-corrected chi connectivity index (χ2v) is 11.8. The lowest BCUT2D eigenvalue weighted by molar-refractivity contribution is -0.139. The van der Waals surface area contributed by atoms with Gasteiger partial charge in [-0.05, 0) is 62.1 Å². The highest BCUT2D eigenvalue weighted by atomic mass is 35.5. The van der Waals surface area contributed by atoms with E-state index in [4.69, 9.17) is 23.2 Å². The summed E-state index contributed by atoms with van der Waals surface area (Å²) < 4.78 is 26.3. The Morgan fingerprint density at radius 3 is 2.40 bits per heavy atom. The molecule has 0 saturated heterocycles. The predicted molar refractivity (Wildman–Crippen MR) is 140 cm³/mol. The summed E-state index contributed by atoms with van der Waals surface area (Å²) in [4.78, 5) is 28.0. The number of sulfonamides is 1. The number of amides is 2. The number of carbonyl (C=O) groups excluding carboxylic acids is 2. The van der Waals surface area contributed by atoms with Crippen molar-refractivity contribution in [3.05, 3.63) is 63.6 Å². The van der Waals surface area contributed by atoms with E-state index in [2.05, 4.69) is 5.32 Å². The average Bonchev–Trinajstić information content (AvgIpc) is 3.28. The van der Waals surface area contributed by atoms with E-state index in [1.807, 2.05) is 13.0 Å². The smallest absolute Gasteiger partial charge is 0.244 e. The van der Waals surface area contributed by atoms with Gasteiger partial charge in [0, 0.05) is 22.6 Å². The molecule has 1 N–H and O–H groups in total. The van der Waals surface area contributed by atoms with E-state index < -0.39 is 28.5 Å². The van der Waals surface area contributed by atoms with Crippen molar-refractivity contribution >= 4 is 50.7 Å². The molecule has 3 rings (SSSR count). The fourth-order valence-electron chi connectivity index (χ4n) is 4.20. The van der Waals surface area contributed by atoms with E-state index in [9.17, 15) is 18.0 Å². The first-order valence-electron chi connectivity index (χ1n) is 11.5. The summed E-state index contributed by atoms with van der Waals surface area (Å²) in [6, 6.07) is 11.1. The largest absolute Gasteiger partial charge is 0.352 e. The Morgan fingerprint density at radius 1 is 1.11 bits per heavy atom. The number of hydrogen-bond donors (Lipinski definition) is 1. The van der Waals surface area contributed by atoms with Crippen molar-refractivity contribution in [2.75, 3.05) is 17.1 Å². The molecule has 0 spiro atoms. The fourth-order valence-corrected chi connectivity index (χ4v) is 5.51. The number of hydrogen-bond acceptors (Lipinski definition) is 4. The first-order valence-corrected chi connectivity index (χ1v) is 14.1. The molecule has 10 heteroatoms. The highest BCUT2D eigenvalue weighted by Crippen LogP contribution is 2.25. The molecular weight excluding hydrogens is 509 g/mol. The average molecular weight is 541 g/mol. The predicted octanol–water partition coefficient (Wildman–Crippen LogP) is 4.54. The number of halogens is 2. The minimum absolute atomic E-state index is 0.0273. The Balaban J connectivity index is 1.90. The van der Waals surface area contributed by atoms with E-state index in [0.29, 0.717) is 21.3 Å². The summed E-state index contributed by atoms with van der Waals surface area (Å²) in [6.45, 7) is 3.06. The third-order valence-corrected chi connectivity index (χ3v) is 7.92. The van der Waals surface area contributed by atoms with Crippen LogP contribution in [-0.4, -0.2) is 50.0 Å². The van der Waals surface area contributed by atoms with Crippen molar-refractivity contribution in [3.8, 4) is 0 Å². The second kappa shape index (κ2) is 11.6. The number of aryl methyl sites for hydroxylation is 1. The van der Waals surface area contributed by atoms with E-state index in [1.165, 1.54) is 4.90 Å². The van der Waals surface area contributed by atoms with E-state index in [0.717, 1.165) is 41.8 Å². The molecule has 1 fully saturated rings. The zero-order valence-electron chi connectivity index (χ0n) is 20.1. The summed E-state index contributed by atoms with van der Waals surface area (Å²) in [6.07, 6.45) is 4.98. The summed E-state index contributed by atoms with van der Waals surface area (Å²) in [7, 11) is -3.77. The molecule has 2 aromatic rings. The van der Waals surface area contributed by atoms with Gasteiger partial charge in [0.05, 0.1) is 11.9 Å². The molecule has 0 aromatic heterocycles. The van der Waals surface area contributed by atoms with Crippen LogP contribution in [0.4, 0.5) is 5.69 Å². The maximum Gasteiger partial charge on any atom is 0.244 e. The van der Waals surface area contributed by atoms with Crippen LogP contribution >= 0.6 is 23.2 Å². The van der Waals surface area contributed by atoms with Crippen molar-refractivity contribution in [1.82, 2.24) is 10.2 Å². The van der Waals surface area contributed by atoms with Gasteiger partial charge < -0.3 is 10.2 Å². The SMILES string of the molecule is Cc1cccc(N(CC(=O)N(Cc2ccc(Cl)cc2Cl)[C@H](C)C(=O)NC2CCCC2)S(C)(=O)=O)c1. The fraction of sp³-hybridized carbons (Fsp3) is 0.440. The quantitative estimate of drug-likeness (QED) is 0.506. The Hall–Kier alpha value is -2.29. The van der Waals surface area contributed by atoms with Crippen LogP contribution in [0.15, 0.2) is 42.5 Å². The summed E-state index contributed by atoms with van der Waals surface area (Å²) in [5.41, 5.74) is 1.84. The zero-order valence-corrected chi connectivity index (χ0v) is 22.5. The number of anilines is 1. The molecule has 0 bridgehead atoms. The van der Waals surface area contributed by atoms with Crippen molar-refractivity contribution in [1.29, 1.82) is 0 Å². The van der Waals surface area contributed by atoms with E-state index >= 15 is 0 Å². The van der Waals surface area contributed by atoms with E-state index in [1.54, 1.807) is 43.3 Å². The van der Waals surface area contributed by atoms with Gasteiger partial charge in [-0.15, -0.1) is 0 Å². The first-order chi connectivity index (χ1) is 16.5. The van der Waals surface area contributed by atoms with Gasteiger partial charge in [-0.1, -0.05) is 54.2 Å². The maximum atomic E-state index is 13.6. The minimum Gasteiger partial charge on any atom is -0.352 e. The van der Waals surface area contributed by atoms with E-state index in [-0.39, 0.29) is 18.5 Å². The molecule has 2 amide bonds. The van der Waals surface area contributed by atoms with Crippen LogP contribution in [0.2, 0.25) is 10.0 Å². The van der Waals surface area contributed by atoms with Crippen LogP contribution in [0, 0.1) is 6.92 Å². The molecule has 0 aliphatic heterocycles. The molecule has 0 radical (unpaired) electrons. The van der Waals surface area contributed by atoms with Gasteiger partial charge >= 0.3 is 0 Å². The molecule has 35 heavy (non-hydrogen) atoms. The van der Waals surface area contributed by atoms with Crippen LogP contribution in [0.1, 0.15) is 43.7 Å². The number of nitrogens with one attached hydrogen (secondary N) is 1. The molecule has 0 heterocycles. The molecule has 1 aliphatic carbocycles. The summed E-state index contributed by atoms with van der Waals surface area (Å²) in [5, 5.41) is 3.84. The van der Waals surface area contributed by atoms with Crippen LogP contribution in [-0.2, 0) is 26.2 Å². The third kappa shape index (κ3) is 7.35. The molecule has 1 atom stereocenters. The van der Waals surface area contributed by atoms with Gasteiger partial charge in [0.25, 0.3) is 0 Å². The lowest BCUT2D eigenvalue weighted by atomic mass is 10.1. The van der Waals surface area contributed by atoms with Gasteiger partial charge in [0.2, 0.25) is 21.8 Å². The Bertz CT molecular complexity index is 1180. The molecule has 0 unspecified atom stereocenters. The van der Waals surface area contributed by atoms with Crippen molar-refractivity contribution in [2.24, 2.45) is 0 Å². The maximum absolute atomic E-state index is 13.6. The van der Waals surface area contributed by atoms with Crippen LogP contribution < -0.4 is 9.62 Å². The third-order valence-electron chi connectivity index (χ3n) is 6.19. The summed E-state index contributed by atoms with van der Waals surface area (Å²) >= 11 is 12.4. The minimum atomic E-state index is -3.77. The number of carbonyl (C=O) groups is 2. The standard InChI is InChI=1S/C25H31Cl2N3O4S/c1-17-7-6-10-22(13-17)30(35(3,33)34)16-24(31)29(15-19-11-12-20(26)14-23(19)27)18(2)25(32)28-21-8-4-5-9-21/h6-7,10-14,18,21H,4-5,8-9,15-16H2,1-3H3,(H,28,32)/t18-/m1/s1. The van der Waals surface area contributed by atoms with Crippen molar-refractivity contribution in [2.45, 2.75) is 58.2 Å². The van der Waals surface area contributed by atoms with Crippen molar-refractivity contribution in [3.63, 3.8) is 0 Å². The van der Waals surface area contributed by atoms with Crippen LogP contribution in [0.3, 0.4) is 0 Å². The normalized spacial score (nSPS) is 15.0. The van der Waals surface area contributed by atoms with Gasteiger partial charge in [0.1, 0.15) is 12.6 Å². The number of nitrogens with zero attached hydrogens (tertiary/aromatic N) is 2. The van der Waals surface area contributed by atoms with Gasteiger partial charge in [-0.25, -0.2) is 8.42 Å². The van der Waals surface area contributed by atoms with Gasteiger partial charge in [-0.3, -0.25) is 13.9 Å². The molecule has 1 aliphatic rings. The highest BCUT2D eigenvalue weighted by molar-refractivity contribution is 7.92. The lowest BCUT2D eigenvalue weighted by Crippen LogP contribution is -2.52.